The molecule has 0 unspecified atom stereocenters. The molecule has 16 heavy (non-hydrogen) atoms. The summed E-state index contributed by atoms with van der Waals surface area (Å²) in [6.07, 6.45) is 0. The molecule has 1 aromatic carbocycles. The molecule has 0 radical (unpaired) electrons. The number of nitrogens with zero attached hydrogens (tertiary/aromatic N) is 2. The molecule has 1 heterocycles. The Bertz CT molecular complexity index is 577. The minimum Gasteiger partial charge on any atom is -0.392 e. The van der Waals surface area contributed by atoms with Crippen LogP contribution in [-0.4, -0.2) is 14.5 Å². The summed E-state index contributed by atoms with van der Waals surface area (Å²) in [5.74, 6) is -1.20. The second-order valence-electron chi connectivity index (χ2n) is 3.47. The van der Waals surface area contributed by atoms with Crippen LogP contribution in [0.1, 0.15) is 5.82 Å². The fraction of sp³-hybridized carbons (Fsp3) is 0.200. The van der Waals surface area contributed by atoms with Gasteiger partial charge in [-0.3, -0.25) is 0 Å². The Hall–Kier alpha value is -1.56. The van der Waals surface area contributed by atoms with Gasteiger partial charge in [0.05, 0.1) is 22.6 Å². The average molecular weight is 241 g/mol. The van der Waals surface area contributed by atoms with E-state index in [4.69, 9.17) is 18.0 Å². The summed E-state index contributed by atoms with van der Waals surface area (Å²) in [6.45, 7) is 2.00. The van der Waals surface area contributed by atoms with Crippen molar-refractivity contribution in [1.29, 1.82) is 0 Å². The van der Waals surface area contributed by atoms with E-state index in [-0.39, 0.29) is 11.5 Å². The summed E-state index contributed by atoms with van der Waals surface area (Å²) in [7, 11) is 0. The third-order valence-electron chi connectivity index (χ3n) is 2.30. The predicted molar refractivity (Wildman–Crippen MR) is 61.2 cm³/mol. The van der Waals surface area contributed by atoms with E-state index < -0.39 is 11.6 Å². The highest BCUT2D eigenvalue weighted by atomic mass is 32.1. The van der Waals surface area contributed by atoms with Crippen molar-refractivity contribution in [2.24, 2.45) is 5.73 Å². The average Bonchev–Trinajstić information content (AvgIpc) is 2.45. The molecule has 0 aliphatic heterocycles. The van der Waals surface area contributed by atoms with E-state index in [1.807, 2.05) is 0 Å². The minimum absolute atomic E-state index is 0.267. The highest BCUT2D eigenvalue weighted by molar-refractivity contribution is 7.80. The number of aromatic nitrogens is 2. The molecule has 2 aromatic rings. The van der Waals surface area contributed by atoms with Crippen LogP contribution in [0.15, 0.2) is 12.1 Å². The number of hydrogen-bond donors (Lipinski definition) is 1. The molecule has 0 atom stereocenters. The van der Waals surface area contributed by atoms with E-state index in [2.05, 4.69) is 4.98 Å². The molecule has 0 bridgehead atoms. The van der Waals surface area contributed by atoms with Crippen LogP contribution in [0.2, 0.25) is 0 Å². The molecular formula is C10H9F2N3S. The number of fused-ring (bicyclic) bond motifs is 1. The third-order valence-corrected chi connectivity index (χ3v) is 2.42. The highest BCUT2D eigenvalue weighted by Gasteiger charge is 2.12. The number of rotatable bonds is 2. The molecule has 0 saturated heterocycles. The first-order valence-electron chi connectivity index (χ1n) is 4.59. The number of thiocarbonyl (C=S) groups is 1. The molecule has 0 spiro atoms. The summed E-state index contributed by atoms with van der Waals surface area (Å²) < 4.78 is 27.7. The molecule has 0 amide bonds. The molecule has 0 fully saturated rings. The van der Waals surface area contributed by atoms with Crippen molar-refractivity contribution in [2.75, 3.05) is 0 Å². The Morgan fingerprint density at radius 3 is 2.69 bits per heavy atom. The van der Waals surface area contributed by atoms with E-state index in [9.17, 15) is 8.78 Å². The van der Waals surface area contributed by atoms with Crippen LogP contribution in [-0.2, 0) is 6.54 Å². The van der Waals surface area contributed by atoms with Crippen LogP contribution in [0.25, 0.3) is 11.0 Å². The standard InChI is InChI=1S/C10H9F2N3S/c1-5-14-8-2-6(11)7(12)3-9(8)15(5)4-10(13)16/h2-3H,4H2,1H3,(H2,13,16). The second-order valence-corrected chi connectivity index (χ2v) is 3.99. The van der Waals surface area contributed by atoms with Gasteiger partial charge in [-0.15, -0.1) is 0 Å². The Morgan fingerprint density at radius 1 is 1.44 bits per heavy atom. The quantitative estimate of drug-likeness (QED) is 0.817. The largest absolute Gasteiger partial charge is 0.392 e. The summed E-state index contributed by atoms with van der Waals surface area (Å²) in [6, 6.07) is 2.16. The third kappa shape index (κ3) is 1.76. The van der Waals surface area contributed by atoms with Crippen molar-refractivity contribution in [1.82, 2.24) is 9.55 Å². The van der Waals surface area contributed by atoms with Gasteiger partial charge in [-0.2, -0.15) is 0 Å². The smallest absolute Gasteiger partial charge is 0.161 e. The first kappa shape index (κ1) is 10.9. The van der Waals surface area contributed by atoms with Gasteiger partial charge in [0.15, 0.2) is 11.6 Å². The van der Waals surface area contributed by atoms with Gasteiger partial charge in [-0.05, 0) is 6.92 Å². The minimum atomic E-state index is -0.910. The Morgan fingerprint density at radius 2 is 2.06 bits per heavy atom. The molecule has 1 aromatic heterocycles. The van der Waals surface area contributed by atoms with E-state index >= 15 is 0 Å². The van der Waals surface area contributed by atoms with Gasteiger partial charge in [0.2, 0.25) is 0 Å². The SMILES string of the molecule is Cc1nc2cc(F)c(F)cc2n1CC(N)=S. The maximum Gasteiger partial charge on any atom is 0.161 e. The number of imidazole rings is 1. The predicted octanol–water partition coefficient (Wildman–Crippen LogP) is 1.91. The maximum atomic E-state index is 13.1. The Balaban J connectivity index is 2.68. The molecule has 0 aliphatic carbocycles. The van der Waals surface area contributed by atoms with Gasteiger partial charge in [0, 0.05) is 12.1 Å². The van der Waals surface area contributed by atoms with Crippen molar-refractivity contribution in [3.05, 3.63) is 29.6 Å². The summed E-state index contributed by atoms with van der Waals surface area (Å²) in [5.41, 5.74) is 6.31. The van der Waals surface area contributed by atoms with Crippen molar-refractivity contribution >= 4 is 28.2 Å². The summed E-state index contributed by atoms with van der Waals surface area (Å²) in [4.78, 5) is 4.38. The molecule has 3 nitrogen and oxygen atoms in total. The number of hydrogen-bond acceptors (Lipinski definition) is 2. The number of benzene rings is 1. The van der Waals surface area contributed by atoms with Crippen LogP contribution in [0, 0.1) is 18.6 Å². The van der Waals surface area contributed by atoms with Crippen LogP contribution < -0.4 is 5.73 Å². The van der Waals surface area contributed by atoms with Crippen LogP contribution >= 0.6 is 12.2 Å². The van der Waals surface area contributed by atoms with Gasteiger partial charge in [-0.1, -0.05) is 12.2 Å². The lowest BCUT2D eigenvalue weighted by Gasteiger charge is -2.04. The molecular weight excluding hydrogens is 232 g/mol. The van der Waals surface area contributed by atoms with Crippen LogP contribution in [0.4, 0.5) is 8.78 Å². The monoisotopic (exact) mass is 241 g/mol. The van der Waals surface area contributed by atoms with E-state index in [1.54, 1.807) is 11.5 Å². The van der Waals surface area contributed by atoms with Crippen molar-refractivity contribution in [3.8, 4) is 0 Å². The fourth-order valence-electron chi connectivity index (χ4n) is 1.60. The molecule has 2 rings (SSSR count). The first-order valence-corrected chi connectivity index (χ1v) is 5.00. The van der Waals surface area contributed by atoms with Crippen LogP contribution in [0.3, 0.4) is 0 Å². The van der Waals surface area contributed by atoms with Crippen molar-refractivity contribution in [2.45, 2.75) is 13.5 Å². The van der Waals surface area contributed by atoms with E-state index in [0.717, 1.165) is 12.1 Å². The topological polar surface area (TPSA) is 43.8 Å². The fourth-order valence-corrected chi connectivity index (χ4v) is 1.73. The van der Waals surface area contributed by atoms with Gasteiger partial charge >= 0.3 is 0 Å². The van der Waals surface area contributed by atoms with E-state index in [1.165, 1.54) is 0 Å². The zero-order chi connectivity index (χ0) is 11.9. The maximum absolute atomic E-state index is 13.1. The molecule has 0 aliphatic rings. The lowest BCUT2D eigenvalue weighted by molar-refractivity contribution is 0.510. The Kier molecular flexibility index (Phi) is 2.59. The lowest BCUT2D eigenvalue weighted by atomic mass is 10.3. The zero-order valence-corrected chi connectivity index (χ0v) is 9.31. The Labute approximate surface area is 95.9 Å². The van der Waals surface area contributed by atoms with Crippen LogP contribution in [0.5, 0.6) is 0 Å². The normalized spacial score (nSPS) is 10.9. The highest BCUT2D eigenvalue weighted by Crippen LogP contribution is 2.19. The number of nitrogens with two attached hydrogens (primary N) is 1. The van der Waals surface area contributed by atoms with Crippen molar-refractivity contribution in [3.63, 3.8) is 0 Å². The number of aryl methyl sites for hydroxylation is 1. The van der Waals surface area contributed by atoms with Gasteiger partial charge in [0.25, 0.3) is 0 Å². The zero-order valence-electron chi connectivity index (χ0n) is 8.50. The van der Waals surface area contributed by atoms with Crippen molar-refractivity contribution < 1.29 is 8.78 Å². The molecule has 0 saturated carbocycles. The van der Waals surface area contributed by atoms with Gasteiger partial charge in [0.1, 0.15) is 5.82 Å². The lowest BCUT2D eigenvalue weighted by Crippen LogP contribution is -2.17. The molecule has 84 valence electrons. The molecule has 2 N–H and O–H groups in total. The van der Waals surface area contributed by atoms with Gasteiger partial charge < -0.3 is 10.3 Å². The first-order chi connectivity index (χ1) is 7.49. The summed E-state index contributed by atoms with van der Waals surface area (Å²) >= 11 is 4.79. The number of halogens is 2. The molecule has 6 heteroatoms. The van der Waals surface area contributed by atoms with Gasteiger partial charge in [-0.25, -0.2) is 13.8 Å². The van der Waals surface area contributed by atoms with E-state index in [0.29, 0.717) is 16.9 Å². The summed E-state index contributed by atoms with van der Waals surface area (Å²) in [5, 5.41) is 0. The second kappa shape index (κ2) is 3.79.